The number of rotatable bonds is 4. The molecule has 0 aliphatic heterocycles. The second-order valence-electron chi connectivity index (χ2n) is 3.99. The minimum absolute atomic E-state index is 0.0994. The first-order valence-corrected chi connectivity index (χ1v) is 5.27. The van der Waals surface area contributed by atoms with Gasteiger partial charge in [-0.3, -0.25) is 4.79 Å². The van der Waals surface area contributed by atoms with E-state index in [0.29, 0.717) is 6.54 Å². The number of hydrogen-bond donors (Lipinski definition) is 2. The van der Waals surface area contributed by atoms with Crippen molar-refractivity contribution in [1.29, 1.82) is 0 Å². The molecule has 1 fully saturated rings. The van der Waals surface area contributed by atoms with Crippen LogP contribution in [0.2, 0.25) is 0 Å². The quantitative estimate of drug-likeness (QED) is 0.804. The summed E-state index contributed by atoms with van der Waals surface area (Å²) in [6, 6.07) is 6.52. The lowest BCUT2D eigenvalue weighted by molar-refractivity contribution is -0.122. The largest absolute Gasteiger partial charge is 0.478 e. The van der Waals surface area contributed by atoms with Gasteiger partial charge in [-0.1, -0.05) is 12.1 Å². The van der Waals surface area contributed by atoms with Crippen molar-refractivity contribution in [3.63, 3.8) is 0 Å². The van der Waals surface area contributed by atoms with Crippen molar-refractivity contribution < 1.29 is 14.7 Å². The van der Waals surface area contributed by atoms with E-state index in [2.05, 4.69) is 5.32 Å². The predicted molar refractivity (Wildman–Crippen MR) is 58.0 cm³/mol. The van der Waals surface area contributed by atoms with Crippen molar-refractivity contribution in [2.75, 3.05) is 0 Å². The standard InChI is InChI=1S/C12H13NO3/c14-11(9-5-6-9)13-7-8-1-3-10(4-2-8)12(15)16/h1-4,9H,5-7H2,(H,13,14)(H,15,16). The molecule has 0 saturated heterocycles. The van der Waals surface area contributed by atoms with Gasteiger partial charge >= 0.3 is 5.97 Å². The molecule has 0 radical (unpaired) electrons. The number of hydrogen-bond acceptors (Lipinski definition) is 2. The number of amides is 1. The lowest BCUT2D eigenvalue weighted by Gasteiger charge is -2.04. The van der Waals surface area contributed by atoms with Gasteiger partial charge in [0.1, 0.15) is 0 Å². The molecule has 16 heavy (non-hydrogen) atoms. The number of carboxylic acid groups (broad SMARTS) is 1. The Morgan fingerprint density at radius 2 is 1.88 bits per heavy atom. The van der Waals surface area contributed by atoms with Gasteiger partial charge in [0.25, 0.3) is 0 Å². The molecule has 1 aliphatic carbocycles. The summed E-state index contributed by atoms with van der Waals surface area (Å²) >= 11 is 0. The maximum atomic E-state index is 11.3. The molecule has 0 aromatic heterocycles. The van der Waals surface area contributed by atoms with E-state index in [1.54, 1.807) is 24.3 Å². The second-order valence-corrected chi connectivity index (χ2v) is 3.99. The van der Waals surface area contributed by atoms with Gasteiger partial charge < -0.3 is 10.4 Å². The number of benzene rings is 1. The van der Waals surface area contributed by atoms with Gasteiger partial charge in [-0.2, -0.15) is 0 Å². The molecule has 1 aliphatic rings. The van der Waals surface area contributed by atoms with Crippen LogP contribution in [0.25, 0.3) is 0 Å². The summed E-state index contributed by atoms with van der Waals surface area (Å²) in [5, 5.41) is 11.5. The van der Waals surface area contributed by atoms with E-state index in [9.17, 15) is 9.59 Å². The first-order chi connectivity index (χ1) is 7.66. The average molecular weight is 219 g/mol. The van der Waals surface area contributed by atoms with Crippen molar-refractivity contribution in [3.05, 3.63) is 35.4 Å². The summed E-state index contributed by atoms with van der Waals surface area (Å²) in [7, 11) is 0. The molecular weight excluding hydrogens is 206 g/mol. The molecule has 0 atom stereocenters. The fraction of sp³-hybridized carbons (Fsp3) is 0.333. The molecule has 4 nitrogen and oxygen atoms in total. The molecule has 84 valence electrons. The zero-order valence-electron chi connectivity index (χ0n) is 8.77. The Morgan fingerprint density at radius 1 is 1.25 bits per heavy atom. The second kappa shape index (κ2) is 4.35. The van der Waals surface area contributed by atoms with Crippen LogP contribution in [0.4, 0.5) is 0 Å². The first-order valence-electron chi connectivity index (χ1n) is 5.27. The van der Waals surface area contributed by atoms with E-state index in [0.717, 1.165) is 18.4 Å². The number of carboxylic acids is 1. The average Bonchev–Trinajstić information content (AvgIpc) is 3.10. The number of nitrogens with one attached hydrogen (secondary N) is 1. The molecule has 1 aromatic rings. The van der Waals surface area contributed by atoms with Gasteiger partial charge in [-0.15, -0.1) is 0 Å². The third kappa shape index (κ3) is 2.59. The summed E-state index contributed by atoms with van der Waals surface area (Å²) in [6.45, 7) is 0.467. The molecule has 2 N–H and O–H groups in total. The van der Waals surface area contributed by atoms with Crippen LogP contribution in [0, 0.1) is 5.92 Å². The Hall–Kier alpha value is -1.84. The fourth-order valence-electron chi connectivity index (χ4n) is 1.44. The number of aromatic carboxylic acids is 1. The highest BCUT2D eigenvalue weighted by molar-refractivity contribution is 5.87. The van der Waals surface area contributed by atoms with E-state index in [4.69, 9.17) is 5.11 Å². The van der Waals surface area contributed by atoms with Crippen LogP contribution in [0.15, 0.2) is 24.3 Å². The summed E-state index contributed by atoms with van der Waals surface area (Å²) in [5.74, 6) is -0.630. The van der Waals surface area contributed by atoms with E-state index in [1.807, 2.05) is 0 Å². The van der Waals surface area contributed by atoms with Crippen LogP contribution in [0.3, 0.4) is 0 Å². The van der Waals surface area contributed by atoms with Gasteiger partial charge in [0.15, 0.2) is 0 Å². The van der Waals surface area contributed by atoms with Gasteiger partial charge in [0.2, 0.25) is 5.91 Å². The van der Waals surface area contributed by atoms with Crippen molar-refractivity contribution in [1.82, 2.24) is 5.32 Å². The summed E-state index contributed by atoms with van der Waals surface area (Å²) in [5.41, 5.74) is 1.18. The van der Waals surface area contributed by atoms with Crippen molar-refractivity contribution in [2.24, 2.45) is 5.92 Å². The van der Waals surface area contributed by atoms with Crippen LogP contribution in [0.1, 0.15) is 28.8 Å². The normalized spacial score (nSPS) is 14.5. The number of carbonyl (C=O) groups is 2. The van der Waals surface area contributed by atoms with Crippen LogP contribution >= 0.6 is 0 Å². The number of carbonyl (C=O) groups excluding carboxylic acids is 1. The van der Waals surface area contributed by atoms with E-state index >= 15 is 0 Å². The molecule has 2 rings (SSSR count). The smallest absolute Gasteiger partial charge is 0.335 e. The van der Waals surface area contributed by atoms with Crippen LogP contribution in [-0.2, 0) is 11.3 Å². The highest BCUT2D eigenvalue weighted by atomic mass is 16.4. The van der Waals surface area contributed by atoms with Crippen molar-refractivity contribution in [2.45, 2.75) is 19.4 Å². The molecule has 1 saturated carbocycles. The molecular formula is C12H13NO3. The maximum Gasteiger partial charge on any atom is 0.335 e. The van der Waals surface area contributed by atoms with Crippen molar-refractivity contribution in [3.8, 4) is 0 Å². The fourth-order valence-corrected chi connectivity index (χ4v) is 1.44. The minimum Gasteiger partial charge on any atom is -0.478 e. The summed E-state index contributed by atoms with van der Waals surface area (Å²) in [4.78, 5) is 22.0. The Balaban J connectivity index is 1.89. The van der Waals surface area contributed by atoms with E-state index in [1.165, 1.54) is 0 Å². The van der Waals surface area contributed by atoms with Gasteiger partial charge in [0, 0.05) is 12.5 Å². The lowest BCUT2D eigenvalue weighted by Crippen LogP contribution is -2.24. The molecule has 0 bridgehead atoms. The summed E-state index contributed by atoms with van der Waals surface area (Å²) in [6.07, 6.45) is 1.98. The van der Waals surface area contributed by atoms with Gasteiger partial charge in [-0.05, 0) is 30.5 Å². The van der Waals surface area contributed by atoms with E-state index in [-0.39, 0.29) is 17.4 Å². The highest BCUT2D eigenvalue weighted by Gasteiger charge is 2.29. The Morgan fingerprint density at radius 3 is 2.38 bits per heavy atom. The third-order valence-corrected chi connectivity index (χ3v) is 2.62. The highest BCUT2D eigenvalue weighted by Crippen LogP contribution is 2.28. The zero-order valence-corrected chi connectivity index (χ0v) is 8.77. The SMILES string of the molecule is O=C(O)c1ccc(CNC(=O)C2CC2)cc1. The predicted octanol–water partition coefficient (Wildman–Crippen LogP) is 1.41. The van der Waals surface area contributed by atoms with Crippen LogP contribution < -0.4 is 5.32 Å². The lowest BCUT2D eigenvalue weighted by atomic mass is 10.1. The molecule has 1 aromatic carbocycles. The van der Waals surface area contributed by atoms with Crippen LogP contribution in [0.5, 0.6) is 0 Å². The third-order valence-electron chi connectivity index (χ3n) is 2.62. The topological polar surface area (TPSA) is 66.4 Å². The zero-order chi connectivity index (χ0) is 11.5. The van der Waals surface area contributed by atoms with Gasteiger partial charge in [0.05, 0.1) is 5.56 Å². The monoisotopic (exact) mass is 219 g/mol. The van der Waals surface area contributed by atoms with E-state index < -0.39 is 5.97 Å². The minimum atomic E-state index is -0.937. The van der Waals surface area contributed by atoms with Crippen molar-refractivity contribution >= 4 is 11.9 Å². The molecule has 1 amide bonds. The maximum absolute atomic E-state index is 11.3. The van der Waals surface area contributed by atoms with Gasteiger partial charge in [-0.25, -0.2) is 4.79 Å². The van der Waals surface area contributed by atoms with Crippen LogP contribution in [-0.4, -0.2) is 17.0 Å². The Bertz CT molecular complexity index is 407. The first kappa shape index (κ1) is 10.7. The molecule has 4 heteroatoms. The molecule has 0 heterocycles. The Labute approximate surface area is 93.3 Å². The molecule has 0 unspecified atom stereocenters. The summed E-state index contributed by atoms with van der Waals surface area (Å²) < 4.78 is 0. The Kier molecular flexibility index (Phi) is 2.90. The molecule has 0 spiro atoms.